The van der Waals surface area contributed by atoms with E-state index in [9.17, 15) is 5.11 Å². The second-order valence-electron chi connectivity index (χ2n) is 8.22. The molecule has 142 valence electrons. The Labute approximate surface area is 162 Å². The van der Waals surface area contributed by atoms with Gasteiger partial charge in [-0.15, -0.1) is 10.2 Å². The molecule has 0 radical (unpaired) electrons. The summed E-state index contributed by atoms with van der Waals surface area (Å²) in [6, 6.07) is 11.5. The lowest BCUT2D eigenvalue weighted by atomic mass is 9.98. The highest BCUT2D eigenvalue weighted by Crippen LogP contribution is 2.58. The number of phenols is 1. The first-order valence-corrected chi connectivity index (χ1v) is 9.80. The van der Waals surface area contributed by atoms with Crippen molar-refractivity contribution < 1.29 is 9.84 Å². The third-order valence-corrected chi connectivity index (χ3v) is 6.39. The van der Waals surface area contributed by atoms with Crippen molar-refractivity contribution in [3.63, 3.8) is 0 Å². The molecule has 1 spiro atoms. The second kappa shape index (κ2) is 5.78. The van der Waals surface area contributed by atoms with E-state index in [1.807, 2.05) is 36.5 Å². The first-order chi connectivity index (χ1) is 13.7. The van der Waals surface area contributed by atoms with Crippen LogP contribution in [0.4, 0.5) is 0 Å². The SMILES string of the molecule is Oc1cc(-n2cccn2)ccc1-c1ccc(O[C@H]2C[C@@H]3CC4CC4(C2)N3)nn1. The molecule has 1 saturated carbocycles. The van der Waals surface area contributed by atoms with Crippen molar-refractivity contribution in [1.82, 2.24) is 25.3 Å². The smallest absolute Gasteiger partial charge is 0.233 e. The number of phenolic OH excluding ortho intramolecular Hbond substituents is 1. The van der Waals surface area contributed by atoms with Gasteiger partial charge in [0.1, 0.15) is 11.9 Å². The van der Waals surface area contributed by atoms with Gasteiger partial charge in [-0.2, -0.15) is 5.10 Å². The van der Waals surface area contributed by atoms with Crippen LogP contribution >= 0.6 is 0 Å². The standard InChI is InChI=1S/C21H21N5O2/c27-19-10-15(26-7-1-6-22-26)2-3-17(19)18-4-5-20(25-24-18)28-16-9-14-8-13-11-21(13,12-16)23-14/h1-7,10,13-14,16,23,27H,8-9,11-12H2/t13?,14-,16-,21?/m0/s1. The zero-order valence-corrected chi connectivity index (χ0v) is 15.3. The number of benzene rings is 1. The lowest BCUT2D eigenvalue weighted by Crippen LogP contribution is -2.46. The largest absolute Gasteiger partial charge is 0.507 e. The Balaban J connectivity index is 1.19. The van der Waals surface area contributed by atoms with E-state index in [0.717, 1.165) is 24.4 Å². The van der Waals surface area contributed by atoms with Gasteiger partial charge in [0.25, 0.3) is 0 Å². The number of hydrogen-bond donors (Lipinski definition) is 2. The monoisotopic (exact) mass is 375 g/mol. The van der Waals surface area contributed by atoms with Crippen molar-refractivity contribution in [3.05, 3.63) is 48.8 Å². The Morgan fingerprint density at radius 2 is 2.11 bits per heavy atom. The normalized spacial score (nSPS) is 30.1. The topological polar surface area (TPSA) is 85.1 Å². The zero-order valence-electron chi connectivity index (χ0n) is 15.3. The summed E-state index contributed by atoms with van der Waals surface area (Å²) in [6.45, 7) is 0. The Morgan fingerprint density at radius 3 is 2.86 bits per heavy atom. The van der Waals surface area contributed by atoms with Gasteiger partial charge in [-0.1, -0.05) is 0 Å². The van der Waals surface area contributed by atoms with E-state index in [4.69, 9.17) is 4.74 Å². The first-order valence-electron chi connectivity index (χ1n) is 9.80. The van der Waals surface area contributed by atoms with Gasteiger partial charge in [0.05, 0.1) is 11.4 Å². The summed E-state index contributed by atoms with van der Waals surface area (Å²) in [7, 11) is 0. The highest BCUT2D eigenvalue weighted by atomic mass is 16.5. The lowest BCUT2D eigenvalue weighted by Gasteiger charge is -2.32. The average molecular weight is 375 g/mol. The Morgan fingerprint density at radius 1 is 1.14 bits per heavy atom. The third-order valence-electron chi connectivity index (χ3n) is 6.39. The molecule has 28 heavy (non-hydrogen) atoms. The molecule has 2 aromatic heterocycles. The fourth-order valence-corrected chi connectivity index (χ4v) is 5.03. The molecule has 2 saturated heterocycles. The molecular weight excluding hydrogens is 354 g/mol. The van der Waals surface area contributed by atoms with Crippen LogP contribution < -0.4 is 10.1 Å². The third kappa shape index (κ3) is 2.57. The van der Waals surface area contributed by atoms with Crippen molar-refractivity contribution in [2.24, 2.45) is 5.92 Å². The predicted molar refractivity (Wildman–Crippen MR) is 102 cm³/mol. The number of piperidine rings is 2. The Bertz CT molecular complexity index is 1020. The van der Waals surface area contributed by atoms with E-state index in [2.05, 4.69) is 20.6 Å². The van der Waals surface area contributed by atoms with E-state index in [0.29, 0.717) is 28.7 Å². The molecule has 2 bridgehead atoms. The quantitative estimate of drug-likeness (QED) is 0.729. The fourth-order valence-electron chi connectivity index (χ4n) is 5.03. The summed E-state index contributed by atoms with van der Waals surface area (Å²) >= 11 is 0. The average Bonchev–Trinajstić information content (AvgIpc) is 3.06. The van der Waals surface area contributed by atoms with Crippen LogP contribution in [-0.2, 0) is 0 Å². The van der Waals surface area contributed by atoms with Crippen LogP contribution in [0.25, 0.3) is 16.9 Å². The van der Waals surface area contributed by atoms with E-state index >= 15 is 0 Å². The van der Waals surface area contributed by atoms with Crippen molar-refractivity contribution in [2.75, 3.05) is 0 Å². The minimum Gasteiger partial charge on any atom is -0.507 e. The summed E-state index contributed by atoms with van der Waals surface area (Å²) in [5.41, 5.74) is 2.39. The number of nitrogens with zero attached hydrogens (tertiary/aromatic N) is 4. The van der Waals surface area contributed by atoms with Gasteiger partial charge < -0.3 is 15.2 Å². The molecule has 2 unspecified atom stereocenters. The molecule has 6 rings (SSSR count). The van der Waals surface area contributed by atoms with Gasteiger partial charge in [0.15, 0.2) is 0 Å². The van der Waals surface area contributed by atoms with Gasteiger partial charge in [-0.3, -0.25) is 0 Å². The van der Waals surface area contributed by atoms with E-state index in [1.165, 1.54) is 12.8 Å². The van der Waals surface area contributed by atoms with Gasteiger partial charge in [0, 0.05) is 48.1 Å². The van der Waals surface area contributed by atoms with Crippen LogP contribution in [0.2, 0.25) is 0 Å². The Kier molecular flexibility index (Phi) is 3.32. The number of rotatable bonds is 4. The number of nitrogens with one attached hydrogen (secondary N) is 1. The van der Waals surface area contributed by atoms with Crippen LogP contribution in [0, 0.1) is 5.92 Å². The molecule has 2 aliphatic heterocycles. The molecule has 0 amide bonds. The molecule has 2 N–H and O–H groups in total. The predicted octanol–water partition coefficient (Wildman–Crippen LogP) is 2.70. The number of aromatic nitrogens is 4. The molecule has 4 heterocycles. The second-order valence-corrected chi connectivity index (χ2v) is 8.22. The summed E-state index contributed by atoms with van der Waals surface area (Å²) in [5, 5.41) is 26.9. The maximum absolute atomic E-state index is 10.4. The van der Waals surface area contributed by atoms with E-state index in [1.54, 1.807) is 16.9 Å². The molecule has 7 heteroatoms. The number of fused-ring (bicyclic) bond motifs is 1. The molecule has 7 nitrogen and oxygen atoms in total. The van der Waals surface area contributed by atoms with Crippen LogP contribution in [0.15, 0.2) is 48.8 Å². The number of ether oxygens (including phenoxy) is 1. The van der Waals surface area contributed by atoms with Crippen LogP contribution in [-0.4, -0.2) is 42.8 Å². The molecule has 4 atom stereocenters. The fraction of sp³-hybridized carbons (Fsp3) is 0.381. The Hall–Kier alpha value is -2.93. The molecular formula is C21H21N5O2. The van der Waals surface area contributed by atoms with Crippen molar-refractivity contribution in [3.8, 4) is 28.6 Å². The molecule has 3 fully saturated rings. The van der Waals surface area contributed by atoms with Crippen molar-refractivity contribution >= 4 is 0 Å². The van der Waals surface area contributed by atoms with Crippen LogP contribution in [0.5, 0.6) is 11.6 Å². The van der Waals surface area contributed by atoms with Gasteiger partial charge in [0.2, 0.25) is 5.88 Å². The minimum absolute atomic E-state index is 0.143. The van der Waals surface area contributed by atoms with Gasteiger partial charge in [-0.05, 0) is 49.4 Å². The summed E-state index contributed by atoms with van der Waals surface area (Å²) in [6.07, 6.45) is 8.42. The lowest BCUT2D eigenvalue weighted by molar-refractivity contribution is 0.116. The number of hydrogen-bond acceptors (Lipinski definition) is 6. The highest BCUT2D eigenvalue weighted by Gasteiger charge is 2.63. The summed E-state index contributed by atoms with van der Waals surface area (Å²) in [4.78, 5) is 0. The van der Waals surface area contributed by atoms with Crippen LogP contribution in [0.1, 0.15) is 25.7 Å². The molecule has 1 aliphatic carbocycles. The minimum atomic E-state index is 0.143. The molecule has 3 aliphatic rings. The van der Waals surface area contributed by atoms with Crippen LogP contribution in [0.3, 0.4) is 0 Å². The van der Waals surface area contributed by atoms with E-state index in [-0.39, 0.29) is 11.9 Å². The summed E-state index contributed by atoms with van der Waals surface area (Å²) in [5.74, 6) is 1.55. The van der Waals surface area contributed by atoms with Gasteiger partial charge >= 0.3 is 0 Å². The highest BCUT2D eigenvalue weighted by molar-refractivity contribution is 5.68. The van der Waals surface area contributed by atoms with Crippen molar-refractivity contribution in [2.45, 2.75) is 43.4 Å². The summed E-state index contributed by atoms with van der Waals surface area (Å²) < 4.78 is 7.83. The van der Waals surface area contributed by atoms with Gasteiger partial charge in [-0.25, -0.2) is 4.68 Å². The first kappa shape index (κ1) is 16.1. The molecule has 3 aromatic rings. The molecule has 1 aromatic carbocycles. The number of aromatic hydroxyl groups is 1. The zero-order chi connectivity index (χ0) is 18.7. The maximum Gasteiger partial charge on any atom is 0.233 e. The maximum atomic E-state index is 10.4. The van der Waals surface area contributed by atoms with Crippen molar-refractivity contribution in [1.29, 1.82) is 0 Å². The van der Waals surface area contributed by atoms with E-state index < -0.39 is 0 Å².